The van der Waals surface area contributed by atoms with E-state index in [2.05, 4.69) is 10.3 Å². The van der Waals surface area contributed by atoms with Crippen LogP contribution in [0.1, 0.15) is 11.3 Å². The summed E-state index contributed by atoms with van der Waals surface area (Å²) in [4.78, 5) is 5.10. The summed E-state index contributed by atoms with van der Waals surface area (Å²) < 4.78 is 11.8. The van der Waals surface area contributed by atoms with Crippen LogP contribution in [0.15, 0.2) is 11.7 Å². The fourth-order valence-corrected chi connectivity index (χ4v) is 3.70. The molecule has 0 bridgehead atoms. The molecule has 1 N–H and O–H groups in total. The summed E-state index contributed by atoms with van der Waals surface area (Å²) in [7, 11) is -0.717. The summed E-state index contributed by atoms with van der Waals surface area (Å²) in [6.45, 7) is 1.92. The minimum Gasteiger partial charge on any atom is -0.315 e. The third kappa shape index (κ3) is 3.02. The Morgan fingerprint density at radius 2 is 2.57 bits per heavy atom. The molecule has 6 heteroatoms. The standard InChI is InChI=1S/C8H12N2OS2.ClH/c11-13(8-1-2-9-4-8)5-7-3-10-6-12-7;/h3,6,8-9H,1-2,4-5H2;1H/t8-,13?;/m0./s1. The second kappa shape index (κ2) is 5.80. The van der Waals surface area contributed by atoms with Crippen molar-refractivity contribution in [3.8, 4) is 0 Å². The zero-order chi connectivity index (χ0) is 9.10. The van der Waals surface area contributed by atoms with E-state index in [0.717, 1.165) is 24.4 Å². The van der Waals surface area contributed by atoms with E-state index in [4.69, 9.17) is 0 Å². The van der Waals surface area contributed by atoms with Crippen molar-refractivity contribution in [2.75, 3.05) is 13.1 Å². The SMILES string of the molecule is Cl.O=S(Cc1cncs1)[C@H]1CCNC1. The molecule has 0 aromatic carbocycles. The smallest absolute Gasteiger partial charge is 0.0794 e. The summed E-state index contributed by atoms with van der Waals surface area (Å²) in [6.07, 6.45) is 2.86. The van der Waals surface area contributed by atoms with Gasteiger partial charge in [-0.3, -0.25) is 9.19 Å². The third-order valence-corrected chi connectivity index (χ3v) is 4.86. The van der Waals surface area contributed by atoms with Crippen molar-refractivity contribution in [1.29, 1.82) is 0 Å². The van der Waals surface area contributed by atoms with Crippen LogP contribution in [0.25, 0.3) is 0 Å². The first-order chi connectivity index (χ1) is 6.36. The molecule has 2 atom stereocenters. The van der Waals surface area contributed by atoms with Gasteiger partial charge in [-0.2, -0.15) is 0 Å². The molecule has 2 rings (SSSR count). The Hall–Kier alpha value is 0.0300. The molecule has 0 amide bonds. The monoisotopic (exact) mass is 252 g/mol. The fourth-order valence-electron chi connectivity index (χ4n) is 1.42. The molecule has 0 saturated carbocycles. The average Bonchev–Trinajstić information content (AvgIpc) is 2.74. The molecule has 1 aliphatic heterocycles. The van der Waals surface area contributed by atoms with Crippen LogP contribution in [0.4, 0.5) is 0 Å². The molecular formula is C8H13ClN2OS2. The van der Waals surface area contributed by atoms with Gasteiger partial charge in [0.15, 0.2) is 0 Å². The van der Waals surface area contributed by atoms with Gasteiger partial charge in [0.05, 0.1) is 11.3 Å². The van der Waals surface area contributed by atoms with Gasteiger partial charge in [-0.15, -0.1) is 23.7 Å². The van der Waals surface area contributed by atoms with E-state index in [-0.39, 0.29) is 12.4 Å². The van der Waals surface area contributed by atoms with Crippen LogP contribution < -0.4 is 5.32 Å². The van der Waals surface area contributed by atoms with Gasteiger partial charge in [-0.05, 0) is 13.0 Å². The van der Waals surface area contributed by atoms with Crippen molar-refractivity contribution in [3.63, 3.8) is 0 Å². The molecular weight excluding hydrogens is 240 g/mol. The molecule has 1 saturated heterocycles. The number of nitrogens with zero attached hydrogens (tertiary/aromatic N) is 1. The lowest BCUT2D eigenvalue weighted by Gasteiger charge is -2.05. The Bertz CT molecular complexity index is 286. The molecule has 1 aromatic rings. The van der Waals surface area contributed by atoms with E-state index >= 15 is 0 Å². The maximum atomic E-state index is 11.8. The number of thiazole rings is 1. The molecule has 2 heterocycles. The summed E-state index contributed by atoms with van der Waals surface area (Å²) in [5, 5.41) is 3.58. The first-order valence-electron chi connectivity index (χ1n) is 4.31. The van der Waals surface area contributed by atoms with Crippen molar-refractivity contribution >= 4 is 34.5 Å². The van der Waals surface area contributed by atoms with Crippen molar-refractivity contribution in [3.05, 3.63) is 16.6 Å². The molecule has 0 spiro atoms. The molecule has 1 unspecified atom stereocenters. The Kier molecular flexibility index (Phi) is 5.01. The van der Waals surface area contributed by atoms with E-state index in [1.165, 1.54) is 0 Å². The first kappa shape index (κ1) is 12.1. The topological polar surface area (TPSA) is 42.0 Å². The van der Waals surface area contributed by atoms with Gasteiger partial charge in [0, 0.05) is 33.7 Å². The number of hydrogen-bond acceptors (Lipinski definition) is 4. The van der Waals surface area contributed by atoms with Gasteiger partial charge in [0.2, 0.25) is 0 Å². The zero-order valence-electron chi connectivity index (χ0n) is 7.64. The lowest BCUT2D eigenvalue weighted by Crippen LogP contribution is -2.19. The molecule has 1 aliphatic rings. The first-order valence-corrected chi connectivity index (χ1v) is 6.57. The van der Waals surface area contributed by atoms with E-state index in [1.54, 1.807) is 16.8 Å². The maximum Gasteiger partial charge on any atom is 0.0794 e. The molecule has 0 aliphatic carbocycles. The highest BCUT2D eigenvalue weighted by molar-refractivity contribution is 7.85. The van der Waals surface area contributed by atoms with Gasteiger partial charge < -0.3 is 5.32 Å². The van der Waals surface area contributed by atoms with Crippen LogP contribution in [0.2, 0.25) is 0 Å². The van der Waals surface area contributed by atoms with Crippen molar-refractivity contribution < 1.29 is 4.21 Å². The predicted octanol–water partition coefficient (Wildman–Crippen LogP) is 1.18. The lowest BCUT2D eigenvalue weighted by molar-refractivity contribution is 0.672. The number of nitrogens with one attached hydrogen (secondary N) is 1. The summed E-state index contributed by atoms with van der Waals surface area (Å²) in [5.41, 5.74) is 1.79. The van der Waals surface area contributed by atoms with Crippen molar-refractivity contribution in [2.45, 2.75) is 17.4 Å². The van der Waals surface area contributed by atoms with Crippen molar-refractivity contribution in [1.82, 2.24) is 10.3 Å². The Balaban J connectivity index is 0.000000980. The second-order valence-electron chi connectivity index (χ2n) is 3.11. The molecule has 1 fully saturated rings. The highest BCUT2D eigenvalue weighted by atomic mass is 35.5. The Morgan fingerprint density at radius 1 is 1.71 bits per heavy atom. The van der Waals surface area contributed by atoms with Crippen LogP contribution in [-0.4, -0.2) is 27.5 Å². The molecule has 0 radical (unpaired) electrons. The number of rotatable bonds is 3. The largest absolute Gasteiger partial charge is 0.315 e. The van der Waals surface area contributed by atoms with Gasteiger partial charge in [-0.25, -0.2) is 0 Å². The number of hydrogen-bond donors (Lipinski definition) is 1. The van der Waals surface area contributed by atoms with Gasteiger partial charge in [0.25, 0.3) is 0 Å². The van der Waals surface area contributed by atoms with E-state index in [9.17, 15) is 4.21 Å². The maximum absolute atomic E-state index is 11.8. The van der Waals surface area contributed by atoms with Crippen LogP contribution in [0.5, 0.6) is 0 Å². The van der Waals surface area contributed by atoms with Crippen molar-refractivity contribution in [2.24, 2.45) is 0 Å². The molecule has 1 aromatic heterocycles. The predicted molar refractivity (Wildman–Crippen MR) is 62.5 cm³/mol. The number of halogens is 1. The third-order valence-electron chi connectivity index (χ3n) is 2.15. The molecule has 80 valence electrons. The van der Waals surface area contributed by atoms with Crippen LogP contribution in [0, 0.1) is 0 Å². The minimum atomic E-state index is -0.717. The van der Waals surface area contributed by atoms with E-state index < -0.39 is 10.8 Å². The van der Waals surface area contributed by atoms with Gasteiger partial charge in [0.1, 0.15) is 0 Å². The van der Waals surface area contributed by atoms with Gasteiger partial charge >= 0.3 is 0 Å². The summed E-state index contributed by atoms with van der Waals surface area (Å²) >= 11 is 1.59. The van der Waals surface area contributed by atoms with Gasteiger partial charge in [-0.1, -0.05) is 0 Å². The normalized spacial score (nSPS) is 23.0. The summed E-state index contributed by atoms with van der Waals surface area (Å²) in [6, 6.07) is 0. The molecule has 14 heavy (non-hydrogen) atoms. The highest BCUT2D eigenvalue weighted by Gasteiger charge is 2.21. The summed E-state index contributed by atoms with van der Waals surface area (Å²) in [5.74, 6) is 0.678. The Morgan fingerprint density at radius 3 is 3.14 bits per heavy atom. The van der Waals surface area contributed by atoms with E-state index in [1.807, 2.05) is 6.20 Å². The van der Waals surface area contributed by atoms with Crippen LogP contribution in [0.3, 0.4) is 0 Å². The average molecular weight is 253 g/mol. The van der Waals surface area contributed by atoms with Crippen LogP contribution in [-0.2, 0) is 16.6 Å². The van der Waals surface area contributed by atoms with Crippen LogP contribution >= 0.6 is 23.7 Å². The lowest BCUT2D eigenvalue weighted by atomic mass is 10.4. The zero-order valence-corrected chi connectivity index (χ0v) is 10.1. The highest BCUT2D eigenvalue weighted by Crippen LogP contribution is 2.14. The second-order valence-corrected chi connectivity index (χ2v) is 5.80. The quantitative estimate of drug-likeness (QED) is 0.879. The molecule has 3 nitrogen and oxygen atoms in total. The van der Waals surface area contributed by atoms with E-state index in [0.29, 0.717) is 11.0 Å². The Labute approximate surface area is 96.2 Å². The fraction of sp³-hybridized carbons (Fsp3) is 0.625. The number of aromatic nitrogens is 1. The minimum absolute atomic E-state index is 0.